The second-order valence-electron chi connectivity index (χ2n) is 2.72. The summed E-state index contributed by atoms with van der Waals surface area (Å²) in [4.78, 5) is 0. The molecule has 1 aliphatic heterocycles. The maximum absolute atomic E-state index is 10.7. The zero-order valence-corrected chi connectivity index (χ0v) is 7.06. The van der Waals surface area contributed by atoms with Crippen molar-refractivity contribution in [1.29, 1.82) is 0 Å². The second-order valence-corrected chi connectivity index (χ2v) is 4.50. The van der Waals surface area contributed by atoms with Gasteiger partial charge in [0.2, 0.25) is 10.0 Å². The number of hydrogen-bond acceptors (Lipinski definition) is 4. The third kappa shape index (κ3) is 2.74. The van der Waals surface area contributed by atoms with Gasteiger partial charge in [0.15, 0.2) is 0 Å². The van der Waals surface area contributed by atoms with E-state index in [0.717, 1.165) is 6.26 Å². The molecule has 0 aromatic heterocycles. The minimum Gasteiger partial charge on any atom is -0.390 e. The standard InChI is InChI=1S/C5H12N2O3S/c1-11(9,10)7-4-2-6-3-5(4)8/h4-8H,2-3H2,1H3/t4-,5-/m0/s1. The molecule has 0 saturated carbocycles. The van der Waals surface area contributed by atoms with Gasteiger partial charge in [0.05, 0.1) is 18.4 Å². The van der Waals surface area contributed by atoms with Crippen LogP contribution in [0, 0.1) is 0 Å². The SMILES string of the molecule is CS(=O)(=O)N[C@H]1CNC[C@@H]1O. The van der Waals surface area contributed by atoms with E-state index in [1.807, 2.05) is 0 Å². The molecule has 0 aromatic carbocycles. The Morgan fingerprint density at radius 3 is 2.55 bits per heavy atom. The Kier molecular flexibility index (Phi) is 2.48. The first-order valence-electron chi connectivity index (χ1n) is 3.35. The molecule has 66 valence electrons. The molecule has 1 heterocycles. The van der Waals surface area contributed by atoms with Gasteiger partial charge < -0.3 is 10.4 Å². The fourth-order valence-corrected chi connectivity index (χ4v) is 1.85. The quantitative estimate of drug-likeness (QED) is 0.453. The van der Waals surface area contributed by atoms with Crippen molar-refractivity contribution in [2.24, 2.45) is 0 Å². The molecule has 0 aromatic rings. The van der Waals surface area contributed by atoms with Gasteiger partial charge in [-0.15, -0.1) is 0 Å². The van der Waals surface area contributed by atoms with Crippen molar-refractivity contribution in [1.82, 2.24) is 10.0 Å². The van der Waals surface area contributed by atoms with E-state index >= 15 is 0 Å². The molecule has 0 radical (unpaired) electrons. The number of sulfonamides is 1. The third-order valence-electron chi connectivity index (χ3n) is 1.55. The van der Waals surface area contributed by atoms with Crippen LogP contribution < -0.4 is 10.0 Å². The summed E-state index contributed by atoms with van der Waals surface area (Å²) >= 11 is 0. The summed E-state index contributed by atoms with van der Waals surface area (Å²) in [5, 5.41) is 12.0. The van der Waals surface area contributed by atoms with Crippen LogP contribution in [0.4, 0.5) is 0 Å². The zero-order chi connectivity index (χ0) is 8.48. The van der Waals surface area contributed by atoms with E-state index < -0.39 is 16.1 Å². The maximum Gasteiger partial charge on any atom is 0.209 e. The number of aliphatic hydroxyl groups excluding tert-OH is 1. The summed E-state index contributed by atoms with van der Waals surface area (Å²) in [6.45, 7) is 0.946. The number of β-amino-alcohol motifs (C(OH)–C–C–N with tert-alkyl or cyclic N) is 1. The van der Waals surface area contributed by atoms with Gasteiger partial charge in [-0.25, -0.2) is 13.1 Å². The topological polar surface area (TPSA) is 78.4 Å². The fourth-order valence-electron chi connectivity index (χ4n) is 1.06. The van der Waals surface area contributed by atoms with Crippen LogP contribution in [-0.4, -0.2) is 45.0 Å². The third-order valence-corrected chi connectivity index (χ3v) is 2.28. The molecule has 0 aliphatic carbocycles. The molecule has 5 nitrogen and oxygen atoms in total. The van der Waals surface area contributed by atoms with Gasteiger partial charge in [0, 0.05) is 13.1 Å². The van der Waals surface area contributed by atoms with Crippen LogP contribution in [0.3, 0.4) is 0 Å². The smallest absolute Gasteiger partial charge is 0.209 e. The Morgan fingerprint density at radius 2 is 2.18 bits per heavy atom. The minimum absolute atomic E-state index is 0.370. The van der Waals surface area contributed by atoms with Crippen LogP contribution in [0.2, 0.25) is 0 Å². The first-order valence-corrected chi connectivity index (χ1v) is 5.24. The normalized spacial score (nSPS) is 32.5. The highest BCUT2D eigenvalue weighted by Crippen LogP contribution is 1.99. The van der Waals surface area contributed by atoms with Crippen LogP contribution in [0.15, 0.2) is 0 Å². The number of rotatable bonds is 2. The first kappa shape index (κ1) is 8.92. The zero-order valence-electron chi connectivity index (χ0n) is 6.24. The van der Waals surface area contributed by atoms with Gasteiger partial charge in [-0.2, -0.15) is 0 Å². The summed E-state index contributed by atoms with van der Waals surface area (Å²) in [6.07, 6.45) is 0.475. The van der Waals surface area contributed by atoms with Crippen molar-refractivity contribution in [3.05, 3.63) is 0 Å². The fraction of sp³-hybridized carbons (Fsp3) is 1.00. The van der Waals surface area contributed by atoms with Crippen LogP contribution in [-0.2, 0) is 10.0 Å². The molecular weight excluding hydrogens is 168 g/mol. The highest BCUT2D eigenvalue weighted by atomic mass is 32.2. The Labute approximate surface area is 65.8 Å². The first-order chi connectivity index (χ1) is 4.99. The summed E-state index contributed by atoms with van der Waals surface area (Å²) in [6, 6.07) is -0.370. The number of aliphatic hydroxyl groups is 1. The largest absolute Gasteiger partial charge is 0.390 e. The van der Waals surface area contributed by atoms with Gasteiger partial charge in [0.25, 0.3) is 0 Å². The molecule has 0 unspecified atom stereocenters. The van der Waals surface area contributed by atoms with Gasteiger partial charge in [0.1, 0.15) is 0 Å². The Morgan fingerprint density at radius 1 is 1.55 bits per heavy atom. The van der Waals surface area contributed by atoms with Gasteiger partial charge in [-0.05, 0) is 0 Å². The Bertz CT molecular complexity index is 226. The van der Waals surface area contributed by atoms with Crippen molar-refractivity contribution >= 4 is 10.0 Å². The van der Waals surface area contributed by atoms with Crippen molar-refractivity contribution in [2.45, 2.75) is 12.1 Å². The lowest BCUT2D eigenvalue weighted by Crippen LogP contribution is -2.42. The molecule has 0 amide bonds. The molecular formula is C5H12N2O3S. The number of hydrogen-bond donors (Lipinski definition) is 3. The van der Waals surface area contributed by atoms with E-state index in [1.54, 1.807) is 0 Å². The average Bonchev–Trinajstić information content (AvgIpc) is 2.12. The Hall–Kier alpha value is -0.170. The van der Waals surface area contributed by atoms with E-state index in [2.05, 4.69) is 10.0 Å². The lowest BCUT2D eigenvalue weighted by Gasteiger charge is -2.12. The summed E-state index contributed by atoms with van der Waals surface area (Å²) in [5.74, 6) is 0. The molecule has 3 N–H and O–H groups in total. The Balaban J connectivity index is 2.50. The lowest BCUT2D eigenvalue weighted by molar-refractivity contribution is 0.173. The minimum atomic E-state index is -3.19. The van der Waals surface area contributed by atoms with E-state index in [9.17, 15) is 8.42 Å². The van der Waals surface area contributed by atoms with Crippen molar-refractivity contribution in [3.63, 3.8) is 0 Å². The van der Waals surface area contributed by atoms with Crippen molar-refractivity contribution in [3.8, 4) is 0 Å². The molecule has 1 saturated heterocycles. The second kappa shape index (κ2) is 3.06. The summed E-state index contributed by atoms with van der Waals surface area (Å²) < 4.78 is 23.7. The van der Waals surface area contributed by atoms with Crippen LogP contribution in [0.1, 0.15) is 0 Å². The predicted molar refractivity (Wildman–Crippen MR) is 40.6 cm³/mol. The molecule has 1 rings (SSSR count). The lowest BCUT2D eigenvalue weighted by atomic mass is 10.2. The molecule has 2 atom stereocenters. The van der Waals surface area contributed by atoms with E-state index in [4.69, 9.17) is 5.11 Å². The molecule has 1 fully saturated rings. The summed E-state index contributed by atoms with van der Waals surface area (Å²) in [5.41, 5.74) is 0. The van der Waals surface area contributed by atoms with Crippen LogP contribution >= 0.6 is 0 Å². The maximum atomic E-state index is 10.7. The molecule has 6 heteroatoms. The van der Waals surface area contributed by atoms with Crippen LogP contribution in [0.25, 0.3) is 0 Å². The highest BCUT2D eigenvalue weighted by Gasteiger charge is 2.26. The van der Waals surface area contributed by atoms with Gasteiger partial charge in [-0.1, -0.05) is 0 Å². The highest BCUT2D eigenvalue weighted by molar-refractivity contribution is 7.88. The molecule has 11 heavy (non-hydrogen) atoms. The monoisotopic (exact) mass is 180 g/mol. The molecule has 0 spiro atoms. The van der Waals surface area contributed by atoms with Crippen molar-refractivity contribution < 1.29 is 13.5 Å². The molecule has 0 bridgehead atoms. The van der Waals surface area contributed by atoms with E-state index in [1.165, 1.54) is 0 Å². The molecule has 1 aliphatic rings. The van der Waals surface area contributed by atoms with Crippen molar-refractivity contribution in [2.75, 3.05) is 19.3 Å². The van der Waals surface area contributed by atoms with Gasteiger partial charge >= 0.3 is 0 Å². The summed E-state index contributed by atoms with van der Waals surface area (Å²) in [7, 11) is -3.19. The van der Waals surface area contributed by atoms with Crippen LogP contribution in [0.5, 0.6) is 0 Å². The van der Waals surface area contributed by atoms with E-state index in [-0.39, 0.29) is 6.04 Å². The predicted octanol–water partition coefficient (Wildman–Crippen LogP) is -2.13. The van der Waals surface area contributed by atoms with E-state index in [0.29, 0.717) is 13.1 Å². The van der Waals surface area contributed by atoms with Gasteiger partial charge in [-0.3, -0.25) is 0 Å². The average molecular weight is 180 g/mol. The number of nitrogens with one attached hydrogen (secondary N) is 2.